The van der Waals surface area contributed by atoms with Crippen LogP contribution in [0.5, 0.6) is 0 Å². The van der Waals surface area contributed by atoms with E-state index in [4.69, 9.17) is 4.74 Å². The van der Waals surface area contributed by atoms with Gasteiger partial charge in [0, 0.05) is 11.1 Å². The van der Waals surface area contributed by atoms with Gasteiger partial charge in [0.05, 0.1) is 11.5 Å². The van der Waals surface area contributed by atoms with Crippen LogP contribution in [0.25, 0.3) is 11.1 Å². The molecule has 4 rings (SSSR count). The molecule has 0 radical (unpaired) electrons. The molecule has 1 aliphatic carbocycles. The molecule has 44 heavy (non-hydrogen) atoms. The summed E-state index contributed by atoms with van der Waals surface area (Å²) in [6.07, 6.45) is 12.6. The van der Waals surface area contributed by atoms with Crippen molar-refractivity contribution in [2.24, 2.45) is 0 Å². The zero-order chi connectivity index (χ0) is 31.4. The summed E-state index contributed by atoms with van der Waals surface area (Å²) >= 11 is 0. The first-order chi connectivity index (χ1) is 21.3. The topological polar surface area (TPSA) is 110 Å². The first kappa shape index (κ1) is 33.6. The van der Waals surface area contributed by atoms with Crippen LogP contribution in [-0.2, 0) is 19.6 Å². The van der Waals surface area contributed by atoms with Crippen molar-refractivity contribution in [2.75, 3.05) is 6.61 Å². The second kappa shape index (κ2) is 16.7. The monoisotopic (exact) mass is 619 g/mol. The first-order valence-corrected chi connectivity index (χ1v) is 17.5. The molecule has 1 aliphatic rings. The van der Waals surface area contributed by atoms with E-state index in [1.54, 1.807) is 48.5 Å². The third-order valence-electron chi connectivity index (χ3n) is 8.24. The number of unbranched alkanes of at least 4 members (excludes halogenated alkanes) is 11. The molecule has 0 unspecified atom stereocenters. The molecule has 3 aromatic rings. The Morgan fingerprint density at radius 2 is 1.27 bits per heavy atom. The molecule has 0 aliphatic heterocycles. The van der Waals surface area contributed by atoms with E-state index in [9.17, 15) is 23.1 Å². The average molecular weight is 620 g/mol. The number of carbonyl (C=O) groups is 2. The van der Waals surface area contributed by atoms with Crippen molar-refractivity contribution in [2.45, 2.75) is 101 Å². The highest BCUT2D eigenvalue weighted by Crippen LogP contribution is 2.37. The minimum absolute atomic E-state index is 0.140. The molecule has 3 aromatic carbocycles. The second-order valence-electron chi connectivity index (χ2n) is 11.6. The smallest absolute Gasteiger partial charge is 0.327 e. The van der Waals surface area contributed by atoms with Crippen LogP contribution in [0, 0.1) is 0 Å². The largest absolute Gasteiger partial charge is 0.464 e. The lowest BCUT2D eigenvalue weighted by Gasteiger charge is -2.23. The highest BCUT2D eigenvalue weighted by atomic mass is 32.2. The van der Waals surface area contributed by atoms with Crippen LogP contribution < -0.4 is 4.72 Å². The van der Waals surface area contributed by atoms with Crippen LogP contribution in [0.4, 0.5) is 0 Å². The molecule has 0 bridgehead atoms. The normalized spacial score (nSPS) is 13.7. The molecular weight excluding hydrogens is 574 g/mol. The Labute approximate surface area is 262 Å². The van der Waals surface area contributed by atoms with E-state index in [2.05, 4.69) is 11.6 Å². The number of sulfonamides is 1. The minimum Gasteiger partial charge on any atom is -0.464 e. The highest BCUT2D eigenvalue weighted by molar-refractivity contribution is 7.89. The second-order valence-corrected chi connectivity index (χ2v) is 13.3. The van der Waals surface area contributed by atoms with Gasteiger partial charge in [-0.05, 0) is 35.2 Å². The van der Waals surface area contributed by atoms with Crippen molar-refractivity contribution in [3.05, 3.63) is 89.5 Å². The van der Waals surface area contributed by atoms with E-state index < -0.39 is 28.1 Å². The van der Waals surface area contributed by atoms with Crippen LogP contribution >= 0.6 is 0 Å². The van der Waals surface area contributed by atoms with Crippen molar-refractivity contribution >= 4 is 21.8 Å². The Kier molecular flexibility index (Phi) is 12.7. The third-order valence-corrected chi connectivity index (χ3v) is 9.68. The molecule has 0 spiro atoms. The number of fused-ring (bicyclic) bond motifs is 3. The molecule has 0 saturated heterocycles. The zero-order valence-corrected chi connectivity index (χ0v) is 26.5. The van der Waals surface area contributed by atoms with Crippen LogP contribution in [0.2, 0.25) is 0 Å². The lowest BCUT2D eigenvalue weighted by Crippen LogP contribution is -2.46. The number of ether oxygens (including phenoxy) is 1. The summed E-state index contributed by atoms with van der Waals surface area (Å²) in [5.41, 5.74) is 2.59. The Bertz CT molecular complexity index is 1490. The number of rotatable bonds is 19. The summed E-state index contributed by atoms with van der Waals surface area (Å²) in [5, 5.41) is 11.1. The molecule has 8 heteroatoms. The quantitative estimate of drug-likeness (QED) is 0.0830. The van der Waals surface area contributed by atoms with E-state index in [-0.39, 0.29) is 22.8 Å². The van der Waals surface area contributed by atoms with E-state index in [0.29, 0.717) is 23.1 Å². The Morgan fingerprint density at radius 1 is 0.727 bits per heavy atom. The van der Waals surface area contributed by atoms with E-state index in [1.165, 1.54) is 63.5 Å². The predicted molar refractivity (Wildman–Crippen MR) is 173 cm³/mol. The number of esters is 1. The Hall–Kier alpha value is -3.33. The summed E-state index contributed by atoms with van der Waals surface area (Å²) in [7, 11) is -4.31. The Balaban J connectivity index is 1.33. The number of aliphatic hydroxyl groups is 1. The van der Waals surface area contributed by atoms with E-state index in [0.717, 1.165) is 24.8 Å². The molecule has 0 amide bonds. The fraction of sp³-hybridized carbons (Fsp3) is 0.444. The molecule has 0 saturated carbocycles. The molecule has 0 fully saturated rings. The summed E-state index contributed by atoms with van der Waals surface area (Å²) < 4.78 is 34.9. The number of hydrogen-bond acceptors (Lipinski definition) is 6. The fourth-order valence-corrected chi connectivity index (χ4v) is 6.91. The van der Waals surface area contributed by atoms with Crippen LogP contribution in [0.1, 0.15) is 112 Å². The van der Waals surface area contributed by atoms with Crippen LogP contribution in [0.3, 0.4) is 0 Å². The third kappa shape index (κ3) is 8.87. The average Bonchev–Trinajstić information content (AvgIpc) is 3.33. The molecule has 2 atom stereocenters. The number of ketones is 1. The highest BCUT2D eigenvalue weighted by Gasteiger charge is 2.35. The van der Waals surface area contributed by atoms with Gasteiger partial charge in [0.15, 0.2) is 5.78 Å². The minimum atomic E-state index is -4.31. The van der Waals surface area contributed by atoms with Gasteiger partial charge in [-0.3, -0.25) is 9.59 Å². The number of nitrogens with one attached hydrogen (secondary N) is 1. The summed E-state index contributed by atoms with van der Waals surface area (Å²) in [6.45, 7) is 2.37. The van der Waals surface area contributed by atoms with Gasteiger partial charge in [0.1, 0.15) is 12.1 Å². The summed E-state index contributed by atoms with van der Waals surface area (Å²) in [4.78, 5) is 26.0. The predicted octanol–water partition coefficient (Wildman–Crippen LogP) is 7.52. The maximum atomic E-state index is 13.5. The van der Waals surface area contributed by atoms with Gasteiger partial charge in [-0.1, -0.05) is 138 Å². The lowest BCUT2D eigenvalue weighted by molar-refractivity contribution is -0.148. The molecule has 0 heterocycles. The standard InChI is InChI=1S/C36H45NO6S/c1-2-3-4-5-6-7-8-9-10-11-12-18-25-43-36(40)33(34(38)27-19-14-13-15-20-27)37-44(41,42)28-23-24-30-29-21-16-17-22-31(29)35(39)32(30)26-28/h13-17,19-24,26,33-34,37-38H,2-12,18,25H2,1H3/t33-,34+/m0/s1. The summed E-state index contributed by atoms with van der Waals surface area (Å²) in [6, 6.07) is 18.3. The van der Waals surface area contributed by atoms with Gasteiger partial charge >= 0.3 is 5.97 Å². The van der Waals surface area contributed by atoms with Gasteiger partial charge in [-0.25, -0.2) is 8.42 Å². The van der Waals surface area contributed by atoms with Crippen LogP contribution in [0.15, 0.2) is 77.7 Å². The molecule has 2 N–H and O–H groups in total. The van der Waals surface area contributed by atoms with Crippen molar-refractivity contribution in [1.82, 2.24) is 4.72 Å². The number of benzene rings is 3. The molecule has 7 nitrogen and oxygen atoms in total. The summed E-state index contributed by atoms with van der Waals surface area (Å²) in [5.74, 6) is -1.10. The van der Waals surface area contributed by atoms with Crippen molar-refractivity contribution < 1.29 is 27.9 Å². The van der Waals surface area contributed by atoms with E-state index >= 15 is 0 Å². The van der Waals surface area contributed by atoms with Gasteiger partial charge < -0.3 is 9.84 Å². The van der Waals surface area contributed by atoms with Gasteiger partial charge in [-0.15, -0.1) is 0 Å². The first-order valence-electron chi connectivity index (χ1n) is 16.0. The maximum Gasteiger partial charge on any atom is 0.327 e. The zero-order valence-electron chi connectivity index (χ0n) is 25.7. The van der Waals surface area contributed by atoms with Crippen LogP contribution in [-0.4, -0.2) is 37.9 Å². The lowest BCUT2D eigenvalue weighted by atomic mass is 10.0. The number of aliphatic hydroxyl groups excluding tert-OH is 1. The fourth-order valence-electron chi connectivity index (χ4n) is 5.70. The van der Waals surface area contributed by atoms with Gasteiger partial charge in [-0.2, -0.15) is 4.72 Å². The Morgan fingerprint density at radius 3 is 1.91 bits per heavy atom. The van der Waals surface area contributed by atoms with Crippen molar-refractivity contribution in [3.63, 3.8) is 0 Å². The number of carbonyl (C=O) groups excluding carboxylic acids is 2. The SMILES string of the molecule is CCCCCCCCCCCCCCOC(=O)[C@@H](NS(=O)(=O)c1ccc2c(c1)C(=O)c1ccccc1-2)[C@H](O)c1ccccc1. The van der Waals surface area contributed by atoms with Crippen molar-refractivity contribution in [3.8, 4) is 11.1 Å². The molecule has 236 valence electrons. The maximum absolute atomic E-state index is 13.5. The number of hydrogen-bond donors (Lipinski definition) is 2. The van der Waals surface area contributed by atoms with Gasteiger partial charge in [0.25, 0.3) is 0 Å². The van der Waals surface area contributed by atoms with Gasteiger partial charge in [0.2, 0.25) is 10.0 Å². The van der Waals surface area contributed by atoms with Crippen molar-refractivity contribution in [1.29, 1.82) is 0 Å². The molecular formula is C36H45NO6S. The van der Waals surface area contributed by atoms with E-state index in [1.807, 2.05) is 12.1 Å². The molecule has 0 aromatic heterocycles.